The molecule has 5 heteroatoms. The van der Waals surface area contributed by atoms with Crippen LogP contribution in [0.15, 0.2) is 24.4 Å². The van der Waals surface area contributed by atoms with Gasteiger partial charge in [-0.25, -0.2) is 0 Å². The van der Waals surface area contributed by atoms with Crippen LogP contribution in [-0.2, 0) is 4.79 Å². The number of hydrogen-bond donors (Lipinski definition) is 4. The normalized spacial score (nSPS) is 12.9. The Labute approximate surface area is 85.1 Å². The van der Waals surface area contributed by atoms with Gasteiger partial charge in [0.25, 0.3) is 0 Å². The number of nitrogens with two attached hydrogens (primary N) is 1. The summed E-state index contributed by atoms with van der Waals surface area (Å²) in [7, 11) is 0. The molecule has 1 heterocycles. The van der Waals surface area contributed by atoms with Gasteiger partial charge in [-0.3, -0.25) is 4.79 Å². The number of carboxylic acids is 1. The molecule has 2 aromatic rings. The maximum absolute atomic E-state index is 10.7. The number of benzene rings is 1. The van der Waals surface area contributed by atoms with Crippen LogP contribution in [0.25, 0.3) is 10.9 Å². The van der Waals surface area contributed by atoms with E-state index in [-0.39, 0.29) is 11.3 Å². The van der Waals surface area contributed by atoms with Crippen molar-refractivity contribution in [3.05, 3.63) is 30.0 Å². The number of hydrogen-bond acceptors (Lipinski definition) is 3. The van der Waals surface area contributed by atoms with E-state index >= 15 is 0 Å². The van der Waals surface area contributed by atoms with Gasteiger partial charge in [0.05, 0.1) is 0 Å². The smallest absolute Gasteiger partial charge is 0.325 e. The number of aromatic hydroxyl groups is 1. The van der Waals surface area contributed by atoms with E-state index in [9.17, 15) is 9.90 Å². The largest absolute Gasteiger partial charge is 0.507 e. The first-order valence-corrected chi connectivity index (χ1v) is 4.38. The molecule has 0 spiro atoms. The highest BCUT2D eigenvalue weighted by Gasteiger charge is 2.19. The van der Waals surface area contributed by atoms with E-state index in [2.05, 4.69) is 4.98 Å². The fourth-order valence-corrected chi connectivity index (χ4v) is 1.52. The zero-order valence-corrected chi connectivity index (χ0v) is 7.77. The van der Waals surface area contributed by atoms with Gasteiger partial charge >= 0.3 is 5.97 Å². The Kier molecular flexibility index (Phi) is 2.09. The number of fused-ring (bicyclic) bond motifs is 1. The Hall–Kier alpha value is -2.01. The molecule has 0 aliphatic rings. The van der Waals surface area contributed by atoms with Gasteiger partial charge in [0.1, 0.15) is 11.8 Å². The maximum Gasteiger partial charge on any atom is 0.325 e. The summed E-state index contributed by atoms with van der Waals surface area (Å²) in [5.41, 5.74) is 6.39. The topological polar surface area (TPSA) is 99.3 Å². The molecule has 0 aliphatic carbocycles. The zero-order valence-electron chi connectivity index (χ0n) is 7.77. The summed E-state index contributed by atoms with van der Waals surface area (Å²) in [4.78, 5) is 13.6. The van der Waals surface area contributed by atoms with Crippen molar-refractivity contribution in [1.29, 1.82) is 0 Å². The molecule has 0 fully saturated rings. The SMILES string of the molecule is N[C@@H](C(=O)O)c1ccc2[nH]ccc2c1O. The molecule has 0 saturated carbocycles. The van der Waals surface area contributed by atoms with Crippen LogP contribution in [0, 0.1) is 0 Å². The summed E-state index contributed by atoms with van der Waals surface area (Å²) >= 11 is 0. The van der Waals surface area contributed by atoms with E-state index in [4.69, 9.17) is 10.8 Å². The molecule has 0 saturated heterocycles. The van der Waals surface area contributed by atoms with Gasteiger partial charge in [-0.05, 0) is 12.1 Å². The number of aromatic nitrogens is 1. The summed E-state index contributed by atoms with van der Waals surface area (Å²) in [6.45, 7) is 0. The number of phenolic OH excluding ortho intramolecular Hbond substituents is 1. The van der Waals surface area contributed by atoms with Crippen LogP contribution in [0.4, 0.5) is 0 Å². The Balaban J connectivity index is 2.62. The van der Waals surface area contributed by atoms with Crippen molar-refractivity contribution >= 4 is 16.9 Å². The van der Waals surface area contributed by atoms with Crippen molar-refractivity contribution in [2.45, 2.75) is 6.04 Å². The van der Waals surface area contributed by atoms with Gasteiger partial charge in [0.2, 0.25) is 0 Å². The first kappa shape index (κ1) is 9.54. The van der Waals surface area contributed by atoms with Gasteiger partial charge in [0, 0.05) is 22.7 Å². The summed E-state index contributed by atoms with van der Waals surface area (Å²) in [6.07, 6.45) is 1.67. The van der Waals surface area contributed by atoms with Crippen molar-refractivity contribution in [2.75, 3.05) is 0 Å². The summed E-state index contributed by atoms with van der Waals surface area (Å²) in [5.74, 6) is -1.25. The quantitative estimate of drug-likeness (QED) is 0.588. The summed E-state index contributed by atoms with van der Waals surface area (Å²) < 4.78 is 0. The molecule has 1 aromatic heterocycles. The minimum Gasteiger partial charge on any atom is -0.507 e. The van der Waals surface area contributed by atoms with E-state index in [1.807, 2.05) is 0 Å². The highest BCUT2D eigenvalue weighted by atomic mass is 16.4. The molecule has 78 valence electrons. The molecule has 15 heavy (non-hydrogen) atoms. The fourth-order valence-electron chi connectivity index (χ4n) is 1.52. The van der Waals surface area contributed by atoms with Gasteiger partial charge in [0.15, 0.2) is 0 Å². The fraction of sp³-hybridized carbons (Fsp3) is 0.100. The maximum atomic E-state index is 10.7. The average Bonchev–Trinajstić information content (AvgIpc) is 2.66. The highest BCUT2D eigenvalue weighted by Crippen LogP contribution is 2.31. The predicted molar refractivity (Wildman–Crippen MR) is 54.5 cm³/mol. The number of aliphatic carboxylic acids is 1. The first-order valence-electron chi connectivity index (χ1n) is 4.38. The lowest BCUT2D eigenvalue weighted by molar-refractivity contribution is -0.138. The van der Waals surface area contributed by atoms with E-state index < -0.39 is 12.0 Å². The lowest BCUT2D eigenvalue weighted by atomic mass is 10.0. The van der Waals surface area contributed by atoms with Crippen LogP contribution in [0.1, 0.15) is 11.6 Å². The van der Waals surface area contributed by atoms with Gasteiger partial charge < -0.3 is 20.9 Å². The third-order valence-corrected chi connectivity index (χ3v) is 2.34. The lowest BCUT2D eigenvalue weighted by Gasteiger charge is -2.09. The monoisotopic (exact) mass is 206 g/mol. The standard InChI is InChI=1S/C10H10N2O3/c11-8(10(14)15)6-1-2-7-5(9(6)13)3-4-12-7/h1-4,8,12-13H,11H2,(H,14,15)/t8-/m1/s1. The molecule has 1 atom stereocenters. The predicted octanol–water partition coefficient (Wildman–Crippen LogP) is 0.958. The number of H-pyrrole nitrogens is 1. The molecule has 0 amide bonds. The lowest BCUT2D eigenvalue weighted by Crippen LogP contribution is -2.20. The van der Waals surface area contributed by atoms with Crippen molar-refractivity contribution in [1.82, 2.24) is 4.98 Å². The number of carboxylic acid groups (broad SMARTS) is 1. The van der Waals surface area contributed by atoms with Crippen LogP contribution < -0.4 is 5.73 Å². The second-order valence-electron chi connectivity index (χ2n) is 3.26. The molecule has 0 bridgehead atoms. The summed E-state index contributed by atoms with van der Waals surface area (Å²) in [6, 6.07) is 3.66. The Bertz CT molecular complexity index is 518. The van der Waals surface area contributed by atoms with E-state index in [0.717, 1.165) is 5.52 Å². The molecule has 1 aromatic carbocycles. The Morgan fingerprint density at radius 1 is 1.40 bits per heavy atom. The average molecular weight is 206 g/mol. The van der Waals surface area contributed by atoms with Crippen molar-refractivity contribution in [3.8, 4) is 5.75 Å². The zero-order chi connectivity index (χ0) is 11.0. The van der Waals surface area contributed by atoms with Gasteiger partial charge in [-0.1, -0.05) is 6.07 Å². The molecule has 0 aliphatic heterocycles. The molecule has 2 rings (SSSR count). The highest BCUT2D eigenvalue weighted by molar-refractivity contribution is 5.89. The number of nitrogens with one attached hydrogen (secondary N) is 1. The number of carbonyl (C=O) groups is 1. The van der Waals surface area contributed by atoms with E-state index in [1.165, 1.54) is 6.07 Å². The Morgan fingerprint density at radius 2 is 2.13 bits per heavy atom. The molecule has 5 N–H and O–H groups in total. The van der Waals surface area contributed by atoms with E-state index in [1.54, 1.807) is 18.3 Å². The first-order chi connectivity index (χ1) is 7.11. The minimum atomic E-state index is -1.20. The van der Waals surface area contributed by atoms with Crippen molar-refractivity contribution < 1.29 is 15.0 Å². The number of phenols is 1. The van der Waals surface area contributed by atoms with Crippen LogP contribution in [0.2, 0.25) is 0 Å². The second kappa shape index (κ2) is 3.29. The third-order valence-electron chi connectivity index (χ3n) is 2.34. The van der Waals surface area contributed by atoms with Gasteiger partial charge in [-0.2, -0.15) is 0 Å². The van der Waals surface area contributed by atoms with Crippen LogP contribution in [0.3, 0.4) is 0 Å². The Morgan fingerprint density at radius 3 is 2.80 bits per heavy atom. The second-order valence-corrected chi connectivity index (χ2v) is 3.26. The van der Waals surface area contributed by atoms with Crippen LogP contribution >= 0.6 is 0 Å². The molecule has 5 nitrogen and oxygen atoms in total. The molecular weight excluding hydrogens is 196 g/mol. The molecular formula is C10H10N2O3. The summed E-state index contributed by atoms with van der Waals surface area (Å²) in [5, 5.41) is 19.1. The van der Waals surface area contributed by atoms with Crippen molar-refractivity contribution in [3.63, 3.8) is 0 Å². The number of rotatable bonds is 2. The van der Waals surface area contributed by atoms with Crippen molar-refractivity contribution in [2.24, 2.45) is 5.73 Å². The van der Waals surface area contributed by atoms with Gasteiger partial charge in [-0.15, -0.1) is 0 Å². The molecule has 0 unspecified atom stereocenters. The minimum absolute atomic E-state index is 0.0800. The van der Waals surface area contributed by atoms with Crippen LogP contribution in [0.5, 0.6) is 5.75 Å². The van der Waals surface area contributed by atoms with E-state index in [0.29, 0.717) is 5.39 Å². The van der Waals surface area contributed by atoms with Crippen LogP contribution in [-0.4, -0.2) is 21.2 Å². The third kappa shape index (κ3) is 1.42. The molecule has 0 radical (unpaired) electrons. The number of aromatic amines is 1.